The van der Waals surface area contributed by atoms with Crippen LogP contribution in [0, 0.1) is 0 Å². The highest BCUT2D eigenvalue weighted by atomic mass is 32.1. The van der Waals surface area contributed by atoms with Crippen molar-refractivity contribution in [1.82, 2.24) is 0 Å². The normalized spacial score (nSPS) is 19.8. The van der Waals surface area contributed by atoms with E-state index in [1.165, 1.54) is 28.5 Å². The maximum atomic E-state index is 6.50. The van der Waals surface area contributed by atoms with E-state index in [1.807, 2.05) is 11.3 Å². The molecule has 0 saturated heterocycles. The quantitative estimate of drug-likeness (QED) is 0.775. The number of hydrogen-bond acceptors (Lipinski definition) is 2. The fourth-order valence-corrected chi connectivity index (χ4v) is 3.71. The van der Waals surface area contributed by atoms with Crippen LogP contribution in [0.15, 0.2) is 29.6 Å². The van der Waals surface area contributed by atoms with Crippen LogP contribution in [0.4, 0.5) is 0 Å². The molecule has 0 bridgehead atoms. The van der Waals surface area contributed by atoms with E-state index in [4.69, 9.17) is 5.73 Å². The van der Waals surface area contributed by atoms with Crippen LogP contribution in [0.25, 0.3) is 10.1 Å². The number of hydrogen-bond donors (Lipinski definition) is 1. The van der Waals surface area contributed by atoms with Crippen LogP contribution in [-0.4, -0.2) is 0 Å². The van der Waals surface area contributed by atoms with Crippen LogP contribution in [0.2, 0.25) is 0 Å². The Morgan fingerprint density at radius 2 is 1.87 bits per heavy atom. The second-order valence-electron chi connectivity index (χ2n) is 4.51. The Labute approximate surface area is 93.9 Å². The average molecular weight is 217 g/mol. The van der Waals surface area contributed by atoms with Crippen molar-refractivity contribution in [3.8, 4) is 0 Å². The van der Waals surface area contributed by atoms with Crippen molar-refractivity contribution in [3.05, 3.63) is 35.2 Å². The average Bonchev–Trinajstić information content (AvgIpc) is 2.84. The minimum Gasteiger partial charge on any atom is -0.321 e. The van der Waals surface area contributed by atoms with E-state index in [2.05, 4.69) is 29.6 Å². The Bertz CT molecular complexity index is 480. The molecule has 78 valence electrons. The molecule has 1 heterocycles. The molecule has 2 aromatic rings. The van der Waals surface area contributed by atoms with Crippen molar-refractivity contribution in [2.75, 3.05) is 0 Å². The first-order chi connectivity index (χ1) is 7.30. The lowest BCUT2D eigenvalue weighted by Gasteiger charge is -2.23. The third-order valence-corrected chi connectivity index (χ3v) is 4.48. The van der Waals surface area contributed by atoms with Crippen LogP contribution in [0.3, 0.4) is 0 Å². The van der Waals surface area contributed by atoms with Crippen molar-refractivity contribution in [3.63, 3.8) is 0 Å². The summed E-state index contributed by atoms with van der Waals surface area (Å²) in [7, 11) is 0. The van der Waals surface area contributed by atoms with E-state index in [0.717, 1.165) is 12.8 Å². The summed E-state index contributed by atoms with van der Waals surface area (Å²) in [4.78, 5) is 0. The molecule has 15 heavy (non-hydrogen) atoms. The van der Waals surface area contributed by atoms with E-state index in [9.17, 15) is 0 Å². The molecule has 0 atom stereocenters. The van der Waals surface area contributed by atoms with Crippen molar-refractivity contribution in [2.24, 2.45) is 5.73 Å². The van der Waals surface area contributed by atoms with Crippen LogP contribution in [0.5, 0.6) is 0 Å². The number of benzene rings is 1. The molecule has 0 aliphatic heterocycles. The lowest BCUT2D eigenvalue weighted by Crippen LogP contribution is -2.32. The minimum atomic E-state index is -0.0421. The van der Waals surface area contributed by atoms with Gasteiger partial charge in [0.15, 0.2) is 0 Å². The van der Waals surface area contributed by atoms with Gasteiger partial charge in [-0.15, -0.1) is 11.3 Å². The van der Waals surface area contributed by atoms with Crippen molar-refractivity contribution in [1.29, 1.82) is 0 Å². The smallest absolute Gasteiger partial charge is 0.0424 e. The van der Waals surface area contributed by atoms with Gasteiger partial charge in [-0.1, -0.05) is 31.0 Å². The van der Waals surface area contributed by atoms with E-state index in [0.29, 0.717) is 0 Å². The lowest BCUT2D eigenvalue weighted by molar-refractivity contribution is 0.467. The Kier molecular flexibility index (Phi) is 2.08. The minimum absolute atomic E-state index is 0.0421. The molecule has 2 N–H and O–H groups in total. The molecule has 1 aliphatic rings. The van der Waals surface area contributed by atoms with Crippen LogP contribution in [0.1, 0.15) is 31.2 Å². The summed E-state index contributed by atoms with van der Waals surface area (Å²) in [5, 5.41) is 3.63. The molecule has 1 saturated carbocycles. The Morgan fingerprint density at radius 3 is 2.67 bits per heavy atom. The maximum absolute atomic E-state index is 6.50. The summed E-state index contributed by atoms with van der Waals surface area (Å²) < 4.78 is 1.37. The van der Waals surface area contributed by atoms with Gasteiger partial charge in [-0.25, -0.2) is 0 Å². The van der Waals surface area contributed by atoms with Gasteiger partial charge < -0.3 is 5.73 Å². The van der Waals surface area contributed by atoms with Crippen molar-refractivity contribution >= 4 is 21.4 Å². The monoisotopic (exact) mass is 217 g/mol. The highest BCUT2D eigenvalue weighted by Gasteiger charge is 2.32. The molecule has 0 amide bonds. The summed E-state index contributed by atoms with van der Waals surface area (Å²) in [6.07, 6.45) is 4.85. The summed E-state index contributed by atoms with van der Waals surface area (Å²) in [5.41, 5.74) is 7.83. The SMILES string of the molecule is NC1(c2csc3ccccc23)CCCC1. The zero-order chi connectivity index (χ0) is 10.3. The number of thiophene rings is 1. The van der Waals surface area contributed by atoms with Crippen molar-refractivity contribution < 1.29 is 0 Å². The largest absolute Gasteiger partial charge is 0.321 e. The van der Waals surface area contributed by atoms with E-state index in [1.54, 1.807) is 0 Å². The second-order valence-corrected chi connectivity index (χ2v) is 5.42. The van der Waals surface area contributed by atoms with Gasteiger partial charge in [0.1, 0.15) is 0 Å². The van der Waals surface area contributed by atoms with Gasteiger partial charge in [0.2, 0.25) is 0 Å². The summed E-state index contributed by atoms with van der Waals surface area (Å²) >= 11 is 1.82. The zero-order valence-electron chi connectivity index (χ0n) is 8.70. The molecular weight excluding hydrogens is 202 g/mol. The molecule has 3 rings (SSSR count). The fraction of sp³-hybridized carbons (Fsp3) is 0.385. The highest BCUT2D eigenvalue weighted by molar-refractivity contribution is 7.17. The summed E-state index contributed by atoms with van der Waals surface area (Å²) in [6, 6.07) is 8.59. The van der Waals surface area contributed by atoms with Gasteiger partial charge in [-0.3, -0.25) is 0 Å². The topological polar surface area (TPSA) is 26.0 Å². The number of rotatable bonds is 1. The Morgan fingerprint density at radius 1 is 1.13 bits per heavy atom. The maximum Gasteiger partial charge on any atom is 0.0424 e. The first-order valence-electron chi connectivity index (χ1n) is 5.55. The molecule has 2 heteroatoms. The third kappa shape index (κ3) is 1.40. The van der Waals surface area contributed by atoms with Gasteiger partial charge >= 0.3 is 0 Å². The molecule has 0 spiro atoms. The Balaban J connectivity index is 2.18. The predicted octanol–water partition coefficient (Wildman–Crippen LogP) is 3.63. The van der Waals surface area contributed by atoms with E-state index < -0.39 is 0 Å². The van der Waals surface area contributed by atoms with Gasteiger partial charge in [0.25, 0.3) is 0 Å². The number of nitrogens with two attached hydrogens (primary N) is 1. The molecular formula is C13H15NS. The summed E-state index contributed by atoms with van der Waals surface area (Å²) in [5.74, 6) is 0. The molecule has 0 radical (unpaired) electrons. The molecule has 1 nitrogen and oxygen atoms in total. The second kappa shape index (κ2) is 3.32. The molecule has 1 aromatic carbocycles. The van der Waals surface area contributed by atoms with Gasteiger partial charge in [0, 0.05) is 10.2 Å². The van der Waals surface area contributed by atoms with Gasteiger partial charge in [0.05, 0.1) is 0 Å². The fourth-order valence-electron chi connectivity index (χ4n) is 2.64. The highest BCUT2D eigenvalue weighted by Crippen LogP contribution is 2.41. The molecule has 1 fully saturated rings. The standard InChI is InChI=1S/C13H15NS/c14-13(7-3-4-8-13)11-9-15-12-6-2-1-5-10(11)12/h1-2,5-6,9H,3-4,7-8,14H2. The molecule has 0 unspecified atom stereocenters. The Hall–Kier alpha value is -0.860. The lowest BCUT2D eigenvalue weighted by atomic mass is 9.89. The molecule has 1 aromatic heterocycles. The van der Waals surface area contributed by atoms with Gasteiger partial charge in [-0.05, 0) is 35.2 Å². The van der Waals surface area contributed by atoms with Gasteiger partial charge in [-0.2, -0.15) is 0 Å². The molecule has 1 aliphatic carbocycles. The van der Waals surface area contributed by atoms with Crippen LogP contribution in [-0.2, 0) is 5.54 Å². The number of fused-ring (bicyclic) bond motifs is 1. The van der Waals surface area contributed by atoms with E-state index in [-0.39, 0.29) is 5.54 Å². The van der Waals surface area contributed by atoms with E-state index >= 15 is 0 Å². The van der Waals surface area contributed by atoms with Crippen LogP contribution < -0.4 is 5.73 Å². The zero-order valence-corrected chi connectivity index (χ0v) is 9.52. The van der Waals surface area contributed by atoms with Crippen molar-refractivity contribution in [2.45, 2.75) is 31.2 Å². The van der Waals surface area contributed by atoms with Crippen LogP contribution >= 0.6 is 11.3 Å². The first-order valence-corrected chi connectivity index (χ1v) is 6.43. The summed E-state index contributed by atoms with van der Waals surface area (Å²) in [6.45, 7) is 0. The predicted molar refractivity (Wildman–Crippen MR) is 66.2 cm³/mol. The third-order valence-electron chi connectivity index (χ3n) is 3.51. The first kappa shape index (κ1) is 9.37.